The molecule has 0 fully saturated rings. The molecule has 0 radical (unpaired) electrons. The van der Waals surface area contributed by atoms with E-state index in [1.165, 1.54) is 0 Å². The number of aldehydes is 1. The third-order valence-electron chi connectivity index (χ3n) is 4.10. The number of carbonyl (C=O) groups is 1. The Bertz CT molecular complexity index is 519. The summed E-state index contributed by atoms with van der Waals surface area (Å²) in [4.78, 5) is 13.4. The SMILES string of the molecule is COc1cc(N(C)C)cc(C=O)c1O[Si](C)(C)C(C)(C)C. The summed E-state index contributed by atoms with van der Waals surface area (Å²) in [5, 5.41) is 0.0540. The predicted octanol–water partition coefficient (Wildman–Crippen LogP) is 3.96. The zero-order valence-electron chi connectivity index (χ0n) is 14.4. The smallest absolute Gasteiger partial charge is 0.250 e. The van der Waals surface area contributed by atoms with Crippen LogP contribution in [0.5, 0.6) is 11.5 Å². The number of rotatable bonds is 5. The average molecular weight is 309 g/mol. The Labute approximate surface area is 129 Å². The van der Waals surface area contributed by atoms with Gasteiger partial charge in [-0.25, -0.2) is 0 Å². The van der Waals surface area contributed by atoms with Crippen LogP contribution in [0.1, 0.15) is 31.1 Å². The van der Waals surface area contributed by atoms with Crippen molar-refractivity contribution in [3.8, 4) is 11.5 Å². The molecule has 0 aliphatic rings. The largest absolute Gasteiger partial charge is 0.541 e. The summed E-state index contributed by atoms with van der Waals surface area (Å²) < 4.78 is 11.8. The van der Waals surface area contributed by atoms with E-state index in [4.69, 9.17) is 9.16 Å². The lowest BCUT2D eigenvalue weighted by atomic mass is 10.1. The fourth-order valence-corrected chi connectivity index (χ4v) is 2.66. The maximum absolute atomic E-state index is 11.5. The Kier molecular flexibility index (Phi) is 5.10. The normalized spacial score (nSPS) is 12.0. The monoisotopic (exact) mass is 309 g/mol. The number of ether oxygens (including phenoxy) is 1. The summed E-state index contributed by atoms with van der Waals surface area (Å²) in [6.45, 7) is 10.8. The Hall–Kier alpha value is -1.49. The number of methoxy groups -OCH3 is 1. The molecule has 5 heteroatoms. The van der Waals surface area contributed by atoms with E-state index < -0.39 is 8.32 Å². The van der Waals surface area contributed by atoms with Gasteiger partial charge in [0.2, 0.25) is 0 Å². The zero-order valence-corrected chi connectivity index (χ0v) is 15.4. The molecular weight excluding hydrogens is 282 g/mol. The molecule has 0 aliphatic heterocycles. The summed E-state index contributed by atoms with van der Waals surface area (Å²) in [6.07, 6.45) is 0.831. The van der Waals surface area contributed by atoms with Crippen LogP contribution in [0.2, 0.25) is 18.1 Å². The first-order chi connectivity index (χ1) is 9.53. The third-order valence-corrected chi connectivity index (χ3v) is 8.42. The van der Waals surface area contributed by atoms with Gasteiger partial charge in [0, 0.05) is 25.8 Å². The summed E-state index contributed by atoms with van der Waals surface area (Å²) in [5.74, 6) is 1.16. The molecular formula is C16H27NO3Si. The number of anilines is 1. The van der Waals surface area contributed by atoms with Gasteiger partial charge >= 0.3 is 0 Å². The first-order valence-electron chi connectivity index (χ1n) is 7.07. The quantitative estimate of drug-likeness (QED) is 0.609. The molecule has 0 aliphatic carbocycles. The fourth-order valence-electron chi connectivity index (χ4n) is 1.62. The van der Waals surface area contributed by atoms with Crippen molar-refractivity contribution >= 4 is 20.3 Å². The van der Waals surface area contributed by atoms with Crippen LogP contribution in [-0.4, -0.2) is 35.8 Å². The third kappa shape index (κ3) is 3.78. The van der Waals surface area contributed by atoms with Crippen LogP contribution in [0.15, 0.2) is 12.1 Å². The minimum atomic E-state index is -2.04. The van der Waals surface area contributed by atoms with Crippen molar-refractivity contribution in [2.24, 2.45) is 0 Å². The van der Waals surface area contributed by atoms with Crippen molar-refractivity contribution in [2.75, 3.05) is 26.1 Å². The minimum Gasteiger partial charge on any atom is -0.541 e. The van der Waals surface area contributed by atoms with Crippen LogP contribution in [0.25, 0.3) is 0 Å². The molecule has 0 unspecified atom stereocenters. The molecule has 0 heterocycles. The van der Waals surface area contributed by atoms with Crippen molar-refractivity contribution in [3.05, 3.63) is 17.7 Å². The van der Waals surface area contributed by atoms with Crippen LogP contribution in [0.3, 0.4) is 0 Å². The van der Waals surface area contributed by atoms with E-state index in [1.54, 1.807) is 7.11 Å². The van der Waals surface area contributed by atoms with Crippen molar-refractivity contribution in [1.82, 2.24) is 0 Å². The molecule has 0 amide bonds. The highest BCUT2D eigenvalue weighted by molar-refractivity contribution is 6.74. The van der Waals surface area contributed by atoms with Crippen LogP contribution < -0.4 is 14.1 Å². The summed E-state index contributed by atoms with van der Waals surface area (Å²) in [6, 6.07) is 3.73. The molecule has 4 nitrogen and oxygen atoms in total. The molecule has 21 heavy (non-hydrogen) atoms. The molecule has 1 aromatic rings. The number of carbonyl (C=O) groups excluding carboxylic acids is 1. The maximum Gasteiger partial charge on any atom is 0.250 e. The molecule has 0 aromatic heterocycles. The van der Waals surface area contributed by atoms with Crippen LogP contribution in [-0.2, 0) is 0 Å². The van der Waals surface area contributed by atoms with Crippen molar-refractivity contribution in [1.29, 1.82) is 0 Å². The zero-order chi connectivity index (χ0) is 16.4. The van der Waals surface area contributed by atoms with Gasteiger partial charge in [-0.1, -0.05) is 20.8 Å². The van der Waals surface area contributed by atoms with Gasteiger partial charge in [-0.2, -0.15) is 0 Å². The van der Waals surface area contributed by atoms with Gasteiger partial charge in [-0.15, -0.1) is 0 Å². The van der Waals surface area contributed by atoms with Gasteiger partial charge in [0.15, 0.2) is 17.8 Å². The molecule has 0 saturated heterocycles. The van der Waals surface area contributed by atoms with E-state index in [0.717, 1.165) is 12.0 Å². The van der Waals surface area contributed by atoms with Crippen LogP contribution in [0, 0.1) is 0 Å². The number of hydrogen-bond donors (Lipinski definition) is 0. The van der Waals surface area contributed by atoms with Crippen LogP contribution >= 0.6 is 0 Å². The number of nitrogens with zero attached hydrogens (tertiary/aromatic N) is 1. The first kappa shape index (κ1) is 17.6. The molecule has 1 aromatic carbocycles. The van der Waals surface area contributed by atoms with Gasteiger partial charge in [0.25, 0.3) is 8.32 Å². The predicted molar refractivity (Wildman–Crippen MR) is 90.5 cm³/mol. The number of benzene rings is 1. The maximum atomic E-state index is 11.5. The van der Waals surface area contributed by atoms with Crippen LogP contribution in [0.4, 0.5) is 5.69 Å². The first-order valence-corrected chi connectivity index (χ1v) is 9.98. The summed E-state index contributed by atoms with van der Waals surface area (Å²) >= 11 is 0. The molecule has 0 N–H and O–H groups in total. The van der Waals surface area contributed by atoms with Crippen molar-refractivity contribution in [3.63, 3.8) is 0 Å². The second kappa shape index (κ2) is 6.09. The average Bonchev–Trinajstić information content (AvgIpc) is 2.36. The topological polar surface area (TPSA) is 38.8 Å². The fraction of sp³-hybridized carbons (Fsp3) is 0.562. The highest BCUT2D eigenvalue weighted by Gasteiger charge is 2.40. The molecule has 0 bridgehead atoms. The van der Waals surface area contributed by atoms with Crippen molar-refractivity contribution in [2.45, 2.75) is 38.9 Å². The highest BCUT2D eigenvalue weighted by Crippen LogP contribution is 2.42. The van der Waals surface area contributed by atoms with Gasteiger partial charge in [0.05, 0.1) is 12.7 Å². The van der Waals surface area contributed by atoms with Gasteiger partial charge in [0.1, 0.15) is 0 Å². The summed E-state index contributed by atoms with van der Waals surface area (Å²) in [7, 11) is 3.42. The van der Waals surface area contributed by atoms with E-state index in [9.17, 15) is 4.79 Å². The second-order valence-corrected chi connectivity index (χ2v) is 11.7. The molecule has 0 saturated carbocycles. The Morgan fingerprint density at radius 3 is 2.14 bits per heavy atom. The van der Waals surface area contributed by atoms with E-state index >= 15 is 0 Å². The Morgan fingerprint density at radius 2 is 1.76 bits per heavy atom. The molecule has 1 rings (SSSR count). The lowest BCUT2D eigenvalue weighted by Crippen LogP contribution is -2.44. The molecule has 0 spiro atoms. The Morgan fingerprint density at radius 1 is 1.19 bits per heavy atom. The minimum absolute atomic E-state index is 0.0540. The lowest BCUT2D eigenvalue weighted by molar-refractivity contribution is 0.112. The van der Waals surface area contributed by atoms with Gasteiger partial charge < -0.3 is 14.1 Å². The van der Waals surface area contributed by atoms with E-state index in [2.05, 4.69) is 33.9 Å². The highest BCUT2D eigenvalue weighted by atomic mass is 28.4. The van der Waals surface area contributed by atoms with Gasteiger partial charge in [-0.3, -0.25) is 4.79 Å². The lowest BCUT2D eigenvalue weighted by Gasteiger charge is -2.37. The van der Waals surface area contributed by atoms with E-state index in [0.29, 0.717) is 17.1 Å². The Balaban J connectivity index is 3.38. The van der Waals surface area contributed by atoms with E-state index in [-0.39, 0.29) is 5.04 Å². The number of hydrogen-bond acceptors (Lipinski definition) is 4. The standard InChI is InChI=1S/C16H27NO3Si/c1-16(2,3)21(7,8)20-15-12(11-18)9-13(17(4)5)10-14(15)19-6/h9-11H,1-8H3. The van der Waals surface area contributed by atoms with E-state index in [1.807, 2.05) is 31.1 Å². The molecule has 0 atom stereocenters. The molecule has 118 valence electrons. The van der Waals surface area contributed by atoms with Crippen molar-refractivity contribution < 1.29 is 14.0 Å². The second-order valence-electron chi connectivity index (χ2n) is 6.94. The van der Waals surface area contributed by atoms with Gasteiger partial charge in [-0.05, 0) is 24.2 Å². The summed E-state index contributed by atoms with van der Waals surface area (Å²) in [5.41, 5.74) is 1.44.